The van der Waals surface area contributed by atoms with Gasteiger partial charge in [-0.1, -0.05) is 23.8 Å². The molecule has 2 aromatic carbocycles. The van der Waals surface area contributed by atoms with Crippen LogP contribution in [0.2, 0.25) is 0 Å². The van der Waals surface area contributed by atoms with E-state index in [9.17, 15) is 8.60 Å². The van der Waals surface area contributed by atoms with Crippen LogP contribution >= 0.6 is 9.24 Å². The molecule has 0 aliphatic carbocycles. The first-order valence-electron chi connectivity index (χ1n) is 5.55. The van der Waals surface area contributed by atoms with Crippen LogP contribution in [0.25, 0.3) is 0 Å². The van der Waals surface area contributed by atoms with Crippen LogP contribution in [0, 0.1) is 12.7 Å². The molecule has 0 fully saturated rings. The third kappa shape index (κ3) is 3.24. The second-order valence-electron chi connectivity index (χ2n) is 4.15. The fourth-order valence-electron chi connectivity index (χ4n) is 1.61. The molecule has 0 aliphatic heterocycles. The monoisotopic (exact) mass is 280 g/mol. The van der Waals surface area contributed by atoms with Crippen LogP contribution in [0.15, 0.2) is 47.4 Å². The second-order valence-corrected chi connectivity index (χ2v) is 6.22. The topological polar surface area (TPSA) is 17.1 Å². The molecule has 1 nitrogen and oxygen atoms in total. The Morgan fingerprint density at radius 2 is 1.83 bits per heavy atom. The molecule has 0 spiro atoms. The molecule has 0 aliphatic rings. The molecule has 2 aromatic rings. The van der Waals surface area contributed by atoms with E-state index >= 15 is 0 Å². The van der Waals surface area contributed by atoms with Gasteiger partial charge in [-0.25, -0.2) is 4.39 Å². The minimum Gasteiger partial charge on any atom is -0.254 e. The molecule has 0 amide bonds. The van der Waals surface area contributed by atoms with Crippen LogP contribution < -0.4 is 5.30 Å². The molecule has 0 radical (unpaired) electrons. The van der Waals surface area contributed by atoms with Crippen LogP contribution in [-0.4, -0.2) is 4.21 Å². The summed E-state index contributed by atoms with van der Waals surface area (Å²) in [4.78, 5) is 0.800. The minimum atomic E-state index is -1.10. The van der Waals surface area contributed by atoms with Gasteiger partial charge in [-0.05, 0) is 42.1 Å². The highest BCUT2D eigenvalue weighted by Crippen LogP contribution is 2.14. The van der Waals surface area contributed by atoms with E-state index in [0.717, 1.165) is 21.3 Å². The summed E-state index contributed by atoms with van der Waals surface area (Å²) in [5.41, 5.74) is 2.03. The van der Waals surface area contributed by atoms with E-state index in [2.05, 4.69) is 9.24 Å². The van der Waals surface area contributed by atoms with Gasteiger partial charge in [-0.15, -0.1) is 9.24 Å². The predicted molar refractivity (Wildman–Crippen MR) is 77.0 cm³/mol. The van der Waals surface area contributed by atoms with Crippen molar-refractivity contribution in [2.75, 3.05) is 0 Å². The number of hydrogen-bond donors (Lipinski definition) is 0. The number of rotatable bonds is 3. The van der Waals surface area contributed by atoms with Crippen LogP contribution in [0.1, 0.15) is 11.1 Å². The Labute approximate surface area is 111 Å². The summed E-state index contributed by atoms with van der Waals surface area (Å²) >= 11 is 0. The molecule has 0 bridgehead atoms. The van der Waals surface area contributed by atoms with Gasteiger partial charge in [0.05, 0.1) is 16.6 Å². The number of aryl methyl sites for hydroxylation is 1. The van der Waals surface area contributed by atoms with Gasteiger partial charge in [0.15, 0.2) is 0 Å². The van der Waals surface area contributed by atoms with Crippen molar-refractivity contribution < 1.29 is 8.60 Å². The summed E-state index contributed by atoms with van der Waals surface area (Å²) in [6.07, 6.45) is 0. The molecule has 0 saturated heterocycles. The molecular weight excluding hydrogens is 266 g/mol. The maximum atomic E-state index is 13.0. The quantitative estimate of drug-likeness (QED) is 0.790. The maximum absolute atomic E-state index is 13.0. The molecule has 0 heterocycles. The van der Waals surface area contributed by atoms with Crippen molar-refractivity contribution in [3.05, 3.63) is 59.4 Å². The average Bonchev–Trinajstić information content (AvgIpc) is 2.33. The zero-order chi connectivity index (χ0) is 13.1. The summed E-state index contributed by atoms with van der Waals surface area (Å²) in [5, 5.41) is 0.760. The lowest BCUT2D eigenvalue weighted by Gasteiger charge is -2.06. The zero-order valence-electron chi connectivity index (χ0n) is 10.0. The average molecular weight is 280 g/mol. The second kappa shape index (κ2) is 5.73. The predicted octanol–water partition coefficient (Wildman–Crippen LogP) is 2.94. The first-order valence-corrected chi connectivity index (χ1v) is 7.45. The van der Waals surface area contributed by atoms with Gasteiger partial charge < -0.3 is 0 Å². The van der Waals surface area contributed by atoms with Crippen molar-refractivity contribution in [2.45, 2.75) is 17.6 Å². The summed E-state index contributed by atoms with van der Waals surface area (Å²) in [6, 6.07) is 12.2. The Balaban J connectivity index is 2.18. The Hall–Kier alpha value is -1.05. The summed E-state index contributed by atoms with van der Waals surface area (Å²) < 4.78 is 25.1. The normalized spacial score (nSPS) is 12.4. The Morgan fingerprint density at radius 3 is 2.44 bits per heavy atom. The van der Waals surface area contributed by atoms with Gasteiger partial charge in [-0.3, -0.25) is 4.21 Å². The molecular formula is C14H14FOPS. The summed E-state index contributed by atoms with van der Waals surface area (Å²) in [7, 11) is 1.39. The molecule has 18 heavy (non-hydrogen) atoms. The first kappa shape index (κ1) is 13.4. The zero-order valence-corrected chi connectivity index (χ0v) is 12.0. The van der Waals surface area contributed by atoms with Crippen molar-refractivity contribution in [3.63, 3.8) is 0 Å². The molecule has 0 aromatic heterocycles. The summed E-state index contributed by atoms with van der Waals surface area (Å²) in [6.45, 7) is 1.99. The molecule has 4 heteroatoms. The van der Waals surface area contributed by atoms with E-state index in [-0.39, 0.29) is 5.82 Å². The highest BCUT2D eigenvalue weighted by molar-refractivity contribution is 7.84. The summed E-state index contributed by atoms with van der Waals surface area (Å²) in [5.74, 6) is 0.132. The largest absolute Gasteiger partial charge is 0.254 e. The first-order chi connectivity index (χ1) is 8.56. The van der Waals surface area contributed by atoms with Gasteiger partial charge in [0, 0.05) is 4.90 Å². The van der Waals surface area contributed by atoms with Gasteiger partial charge in [0.1, 0.15) is 5.82 Å². The fourth-order valence-corrected chi connectivity index (χ4v) is 3.27. The molecule has 0 N–H and O–H groups in total. The van der Waals surface area contributed by atoms with Gasteiger partial charge >= 0.3 is 0 Å². The van der Waals surface area contributed by atoms with Crippen LogP contribution in [-0.2, 0) is 16.6 Å². The third-order valence-electron chi connectivity index (χ3n) is 2.68. The van der Waals surface area contributed by atoms with E-state index in [4.69, 9.17) is 0 Å². The lowest BCUT2D eigenvalue weighted by molar-refractivity contribution is 0.628. The Morgan fingerprint density at radius 1 is 1.17 bits per heavy atom. The Bertz CT molecular complexity index is 581. The van der Waals surface area contributed by atoms with Gasteiger partial charge in [-0.2, -0.15) is 0 Å². The van der Waals surface area contributed by atoms with Crippen molar-refractivity contribution >= 4 is 25.3 Å². The Kier molecular flexibility index (Phi) is 4.26. The minimum absolute atomic E-state index is 0.273. The molecule has 2 rings (SSSR count). The highest BCUT2D eigenvalue weighted by atomic mass is 32.2. The number of hydrogen-bond acceptors (Lipinski definition) is 1. The van der Waals surface area contributed by atoms with E-state index in [1.54, 1.807) is 6.07 Å². The molecule has 94 valence electrons. The van der Waals surface area contributed by atoms with Crippen molar-refractivity contribution in [3.8, 4) is 0 Å². The van der Waals surface area contributed by atoms with Gasteiger partial charge in [0.25, 0.3) is 0 Å². The van der Waals surface area contributed by atoms with Crippen molar-refractivity contribution in [1.29, 1.82) is 0 Å². The third-order valence-corrected chi connectivity index (χ3v) is 4.59. The van der Waals surface area contributed by atoms with E-state index in [0.29, 0.717) is 5.75 Å². The smallest absolute Gasteiger partial charge is 0.123 e. The van der Waals surface area contributed by atoms with Crippen molar-refractivity contribution in [2.24, 2.45) is 0 Å². The molecule has 0 saturated carbocycles. The molecule has 2 atom stereocenters. The van der Waals surface area contributed by atoms with E-state index in [1.165, 1.54) is 12.1 Å². The van der Waals surface area contributed by atoms with E-state index in [1.807, 2.05) is 31.2 Å². The van der Waals surface area contributed by atoms with Crippen LogP contribution in [0.5, 0.6) is 0 Å². The fraction of sp³-hybridized carbons (Fsp3) is 0.143. The SMILES string of the molecule is Cc1ccc(S(=O)Cc2ccc(F)cc2P)cc1. The number of benzene rings is 2. The highest BCUT2D eigenvalue weighted by Gasteiger charge is 2.07. The van der Waals surface area contributed by atoms with Crippen molar-refractivity contribution in [1.82, 2.24) is 0 Å². The number of halogens is 1. The standard InChI is InChI=1S/C14H14FOPS/c1-10-2-6-13(7-3-10)18(16)9-11-4-5-12(15)8-14(11)17/h2-8H,9,17H2,1H3. The van der Waals surface area contributed by atoms with E-state index < -0.39 is 10.8 Å². The molecule has 2 unspecified atom stereocenters. The van der Waals surface area contributed by atoms with Crippen LogP contribution in [0.4, 0.5) is 4.39 Å². The lowest BCUT2D eigenvalue weighted by Crippen LogP contribution is -2.06. The van der Waals surface area contributed by atoms with Crippen LogP contribution in [0.3, 0.4) is 0 Å². The maximum Gasteiger partial charge on any atom is 0.123 e. The lowest BCUT2D eigenvalue weighted by atomic mass is 10.2. The van der Waals surface area contributed by atoms with Gasteiger partial charge in [0.2, 0.25) is 0 Å².